The number of esters is 1. The topological polar surface area (TPSA) is 111 Å². The zero-order valence-corrected chi connectivity index (χ0v) is 33.9. The third-order valence-corrected chi connectivity index (χ3v) is 13.8. The fourth-order valence-corrected chi connectivity index (χ4v) is 11.1. The van der Waals surface area contributed by atoms with Gasteiger partial charge in [-0.15, -0.1) is 0 Å². The summed E-state index contributed by atoms with van der Waals surface area (Å²) in [5, 5.41) is 0. The number of rotatable bonds is 10. The lowest BCUT2D eigenvalue weighted by atomic mass is 9.66. The van der Waals surface area contributed by atoms with Crippen LogP contribution in [0.3, 0.4) is 0 Å². The van der Waals surface area contributed by atoms with E-state index in [1.54, 1.807) is 14.2 Å². The predicted octanol–water partition coefficient (Wildman–Crippen LogP) is 6.10. The molecule has 3 aliphatic carbocycles. The predicted molar refractivity (Wildman–Crippen MR) is 199 cm³/mol. The first-order chi connectivity index (χ1) is 25.5. The molecule has 0 radical (unpaired) electrons. The van der Waals surface area contributed by atoms with Gasteiger partial charge in [0.05, 0.1) is 30.8 Å². The molecule has 3 heterocycles. The molecule has 0 amide bonds. The van der Waals surface area contributed by atoms with Gasteiger partial charge in [0.25, 0.3) is 0 Å². The summed E-state index contributed by atoms with van der Waals surface area (Å²) in [6, 6.07) is 0.345. The maximum atomic E-state index is 14.7. The summed E-state index contributed by atoms with van der Waals surface area (Å²) in [5.74, 6) is 0.733. The molecule has 5 fully saturated rings. The Bertz CT molecular complexity index is 1260. The van der Waals surface area contributed by atoms with Crippen LogP contribution in [0.25, 0.3) is 0 Å². The summed E-state index contributed by atoms with van der Waals surface area (Å²) in [6.07, 6.45) is 8.81. The molecule has 2 saturated carbocycles. The largest absolute Gasteiger partial charge is 0.462 e. The van der Waals surface area contributed by atoms with Crippen LogP contribution in [-0.4, -0.2) is 119 Å². The Kier molecular flexibility index (Phi) is 14.2. The summed E-state index contributed by atoms with van der Waals surface area (Å²) in [6.45, 7) is 10.7. The number of ketones is 1. The summed E-state index contributed by atoms with van der Waals surface area (Å²) in [5.41, 5.74) is 0.816. The fourth-order valence-electron chi connectivity index (χ4n) is 11.1. The summed E-state index contributed by atoms with van der Waals surface area (Å²) in [4.78, 5) is 30.5. The highest BCUT2D eigenvalue weighted by Gasteiger charge is 2.54. The van der Waals surface area contributed by atoms with E-state index in [1.165, 1.54) is 0 Å². The Hall–Kier alpha value is -1.44. The average Bonchev–Trinajstić information content (AvgIpc) is 3.70. The van der Waals surface area contributed by atoms with Crippen LogP contribution >= 0.6 is 0 Å². The molecule has 302 valence electrons. The van der Waals surface area contributed by atoms with Crippen molar-refractivity contribution in [3.8, 4) is 0 Å². The minimum atomic E-state index is -0.568. The second-order valence-corrected chi connectivity index (χ2v) is 17.1. The van der Waals surface area contributed by atoms with Crippen molar-refractivity contribution in [3.05, 3.63) is 11.6 Å². The molecule has 0 N–H and O–H groups in total. The summed E-state index contributed by atoms with van der Waals surface area (Å²) < 4.78 is 50.2. The maximum absolute atomic E-state index is 14.7. The van der Waals surface area contributed by atoms with Gasteiger partial charge in [0.15, 0.2) is 18.4 Å². The highest BCUT2D eigenvalue weighted by molar-refractivity contribution is 5.99. The molecule has 0 aromatic rings. The molecule has 11 nitrogen and oxygen atoms in total. The Morgan fingerprint density at radius 3 is 2.28 bits per heavy atom. The van der Waals surface area contributed by atoms with Crippen molar-refractivity contribution in [3.63, 3.8) is 0 Å². The molecule has 6 aliphatic rings. The van der Waals surface area contributed by atoms with E-state index in [4.69, 9.17) is 37.9 Å². The number of hydrogen-bond acceptors (Lipinski definition) is 11. The zero-order chi connectivity index (χ0) is 38.0. The van der Waals surface area contributed by atoms with E-state index >= 15 is 0 Å². The quantitative estimate of drug-likeness (QED) is 0.242. The van der Waals surface area contributed by atoms with Crippen LogP contribution in [0.5, 0.6) is 0 Å². The molecule has 11 heteroatoms. The minimum Gasteiger partial charge on any atom is -0.462 e. The van der Waals surface area contributed by atoms with Crippen molar-refractivity contribution in [2.45, 2.75) is 173 Å². The van der Waals surface area contributed by atoms with E-state index < -0.39 is 12.4 Å². The van der Waals surface area contributed by atoms with Gasteiger partial charge in [-0.2, -0.15) is 0 Å². The number of allylic oxidation sites excluding steroid dienone is 2. The normalized spacial score (nSPS) is 45.4. The van der Waals surface area contributed by atoms with Gasteiger partial charge in [-0.3, -0.25) is 9.59 Å². The molecule has 0 aromatic heterocycles. The lowest BCUT2D eigenvalue weighted by molar-refractivity contribution is -0.317. The highest BCUT2D eigenvalue weighted by Crippen LogP contribution is 2.57. The third kappa shape index (κ3) is 8.93. The lowest BCUT2D eigenvalue weighted by Gasteiger charge is -2.44. The van der Waals surface area contributed by atoms with Crippen LogP contribution in [0.1, 0.15) is 105 Å². The molecule has 17 atom stereocenters. The van der Waals surface area contributed by atoms with E-state index in [0.29, 0.717) is 24.5 Å². The van der Waals surface area contributed by atoms with Gasteiger partial charge in [0, 0.05) is 38.7 Å². The van der Waals surface area contributed by atoms with E-state index in [1.807, 2.05) is 20.8 Å². The van der Waals surface area contributed by atoms with Crippen LogP contribution in [0, 0.1) is 35.5 Å². The number of likely N-dealkylation sites (N-methyl/N-ethyl adjacent to an activating group) is 1. The van der Waals surface area contributed by atoms with Crippen molar-refractivity contribution in [2.24, 2.45) is 35.5 Å². The van der Waals surface area contributed by atoms with Crippen molar-refractivity contribution in [1.29, 1.82) is 0 Å². The van der Waals surface area contributed by atoms with Crippen LogP contribution in [-0.2, 0) is 47.5 Å². The Labute approximate surface area is 318 Å². The molecular formula is C42H69NO10. The molecule has 53 heavy (non-hydrogen) atoms. The van der Waals surface area contributed by atoms with Gasteiger partial charge in [-0.05, 0) is 128 Å². The van der Waals surface area contributed by atoms with Crippen molar-refractivity contribution >= 4 is 11.8 Å². The molecule has 0 bridgehead atoms. The van der Waals surface area contributed by atoms with Crippen LogP contribution in [0.4, 0.5) is 0 Å². The molecule has 0 spiro atoms. The highest BCUT2D eigenvalue weighted by atomic mass is 16.7. The van der Waals surface area contributed by atoms with E-state index in [0.717, 1.165) is 69.8 Å². The summed E-state index contributed by atoms with van der Waals surface area (Å²) in [7, 11) is 7.55. The second-order valence-electron chi connectivity index (χ2n) is 17.1. The van der Waals surface area contributed by atoms with Gasteiger partial charge in [0.2, 0.25) is 0 Å². The Balaban J connectivity index is 1.20. The van der Waals surface area contributed by atoms with Crippen molar-refractivity contribution < 1.29 is 47.5 Å². The van der Waals surface area contributed by atoms with Gasteiger partial charge in [0.1, 0.15) is 24.4 Å². The van der Waals surface area contributed by atoms with Gasteiger partial charge >= 0.3 is 5.97 Å². The lowest BCUT2D eigenvalue weighted by Crippen LogP contribution is -2.60. The molecule has 3 aliphatic heterocycles. The first kappa shape index (κ1) is 41.2. The number of hydrogen-bond donors (Lipinski definition) is 0. The molecule has 6 rings (SSSR count). The summed E-state index contributed by atoms with van der Waals surface area (Å²) >= 11 is 0. The SMILES string of the molecule is CCOC1C(OC)C(C)OC(OC2CC3CCC4C5CC(=O)OC(CC)CCCC(OC6CCC(N(C)C)C(C)O6)C(C)C(=O)C5=CC4C3C2)C1OC. The van der Waals surface area contributed by atoms with Gasteiger partial charge in [-0.1, -0.05) is 19.9 Å². The van der Waals surface area contributed by atoms with Crippen molar-refractivity contribution in [2.75, 3.05) is 34.9 Å². The fraction of sp³-hybridized carbons (Fsp3) is 0.905. The first-order valence-corrected chi connectivity index (χ1v) is 20.9. The standard InChI is InChI=1S/C42H69NO10/c1-10-27-13-12-14-35(53-37-18-17-34(43(6)7)24(4)49-37)23(3)38(45)33-21-31-29(32(33)22-36(44)51-27)16-15-26-19-28(20-30(26)31)52-42-41(47-9)40(48-11-2)39(46-8)25(5)50-42/h21,23-32,34-35,37,39-42H,10-20,22H2,1-9H3. The number of carbonyl (C=O) groups excluding carboxylic acids is 2. The Morgan fingerprint density at radius 2 is 1.60 bits per heavy atom. The number of Topliss-reactive ketones (excluding diaryl/α,β-unsaturated/α-hetero) is 1. The number of carbonyl (C=O) groups is 2. The van der Waals surface area contributed by atoms with Gasteiger partial charge in [-0.25, -0.2) is 0 Å². The minimum absolute atomic E-state index is 0.00218. The number of nitrogens with zero attached hydrogens (tertiary/aromatic N) is 1. The number of fused-ring (bicyclic) bond motifs is 5. The number of ether oxygens (including phenoxy) is 8. The Morgan fingerprint density at radius 1 is 0.830 bits per heavy atom. The molecule has 3 saturated heterocycles. The average molecular weight is 748 g/mol. The van der Waals surface area contributed by atoms with Crippen LogP contribution in [0.2, 0.25) is 0 Å². The third-order valence-electron chi connectivity index (χ3n) is 13.8. The van der Waals surface area contributed by atoms with Crippen molar-refractivity contribution in [1.82, 2.24) is 4.90 Å². The number of methoxy groups -OCH3 is 2. The van der Waals surface area contributed by atoms with E-state index in [2.05, 4.69) is 38.9 Å². The second kappa shape index (κ2) is 18.2. The van der Waals surface area contributed by atoms with Crippen LogP contribution < -0.4 is 0 Å². The maximum Gasteiger partial charge on any atom is 0.306 e. The molecular weight excluding hydrogens is 678 g/mol. The van der Waals surface area contributed by atoms with E-state index in [9.17, 15) is 9.59 Å². The monoisotopic (exact) mass is 747 g/mol. The molecule has 0 aromatic carbocycles. The smallest absolute Gasteiger partial charge is 0.306 e. The zero-order valence-electron chi connectivity index (χ0n) is 33.9. The molecule has 17 unspecified atom stereocenters. The first-order valence-electron chi connectivity index (χ1n) is 20.9. The van der Waals surface area contributed by atoms with E-state index in [-0.39, 0.29) is 90.9 Å². The number of cyclic esters (lactones) is 1. The van der Waals surface area contributed by atoms with Crippen LogP contribution in [0.15, 0.2) is 11.6 Å². The van der Waals surface area contributed by atoms with Gasteiger partial charge < -0.3 is 42.8 Å².